The molecular formula is C40H70O7. The van der Waals surface area contributed by atoms with Crippen LogP contribution in [0.1, 0.15) is 156 Å². The van der Waals surface area contributed by atoms with Crippen molar-refractivity contribution in [1.29, 1.82) is 0 Å². The van der Waals surface area contributed by atoms with Crippen LogP contribution in [0.15, 0.2) is 48.6 Å². The van der Waals surface area contributed by atoms with E-state index in [0.29, 0.717) is 19.3 Å². The van der Waals surface area contributed by atoms with Crippen LogP contribution in [0.5, 0.6) is 0 Å². The number of carbonyl (C=O) groups excluding carboxylic acids is 2. The minimum atomic E-state index is -1.05. The highest BCUT2D eigenvalue weighted by atomic mass is 16.6. The normalized spacial score (nSPS) is 14.8. The van der Waals surface area contributed by atoms with Crippen LogP contribution in [0.3, 0.4) is 0 Å². The topological polar surface area (TPSA) is 113 Å². The van der Waals surface area contributed by atoms with E-state index in [1.807, 2.05) is 36.5 Å². The van der Waals surface area contributed by atoms with Crippen molar-refractivity contribution in [3.8, 4) is 0 Å². The van der Waals surface area contributed by atoms with E-state index in [4.69, 9.17) is 9.47 Å². The van der Waals surface area contributed by atoms with E-state index in [1.54, 1.807) is 12.2 Å². The first-order chi connectivity index (χ1) is 22.8. The zero-order chi connectivity index (χ0) is 34.8. The molecule has 0 spiro atoms. The first-order valence-electron chi connectivity index (χ1n) is 18.8. The van der Waals surface area contributed by atoms with Crippen molar-refractivity contribution < 1.29 is 34.4 Å². The molecule has 0 aromatic carbocycles. The Morgan fingerprint density at radius 3 is 1.53 bits per heavy atom. The molecule has 0 fully saturated rings. The van der Waals surface area contributed by atoms with Gasteiger partial charge in [-0.1, -0.05) is 159 Å². The van der Waals surface area contributed by atoms with E-state index >= 15 is 0 Å². The molecule has 0 aliphatic heterocycles. The summed E-state index contributed by atoms with van der Waals surface area (Å²) in [6, 6.07) is 0. The maximum Gasteiger partial charge on any atom is 0.305 e. The zero-order valence-corrected chi connectivity index (χ0v) is 30.2. The molecule has 272 valence electrons. The van der Waals surface area contributed by atoms with Crippen LogP contribution in [-0.2, 0) is 19.1 Å². The van der Waals surface area contributed by atoms with Gasteiger partial charge in [-0.2, -0.15) is 0 Å². The lowest BCUT2D eigenvalue weighted by Crippen LogP contribution is -2.25. The number of hydrogen-bond acceptors (Lipinski definition) is 7. The minimum Gasteiger partial charge on any atom is -0.463 e. The Morgan fingerprint density at radius 2 is 1.02 bits per heavy atom. The van der Waals surface area contributed by atoms with E-state index in [2.05, 4.69) is 20.8 Å². The summed E-state index contributed by atoms with van der Waals surface area (Å²) in [7, 11) is 0. The predicted octanol–water partition coefficient (Wildman–Crippen LogP) is 9.25. The van der Waals surface area contributed by atoms with Crippen molar-refractivity contribution in [2.45, 2.75) is 174 Å². The van der Waals surface area contributed by atoms with Gasteiger partial charge in [0.2, 0.25) is 0 Å². The molecule has 0 saturated carbocycles. The Bertz CT molecular complexity index is 848. The first-order valence-corrected chi connectivity index (χ1v) is 18.8. The number of carbonyl (C=O) groups is 2. The molecule has 0 aromatic rings. The maximum atomic E-state index is 12.0. The van der Waals surface area contributed by atoms with Crippen molar-refractivity contribution >= 4 is 11.9 Å². The SMILES string of the molecule is CCCCC[C@H](O)/C=C/C=C\C/C=C\C=C\[C@H](O)CCCC(=O)OC[C@H](O)COC(=O)CCCCCCCCCCCCC(C)CC. The van der Waals surface area contributed by atoms with Crippen molar-refractivity contribution in [2.75, 3.05) is 13.2 Å². The number of allylic oxidation sites excluding steroid dienone is 6. The highest BCUT2D eigenvalue weighted by Crippen LogP contribution is 2.15. The molecule has 0 aliphatic rings. The fourth-order valence-corrected chi connectivity index (χ4v) is 4.98. The van der Waals surface area contributed by atoms with Crippen molar-refractivity contribution in [2.24, 2.45) is 5.92 Å². The van der Waals surface area contributed by atoms with E-state index in [0.717, 1.165) is 57.3 Å². The van der Waals surface area contributed by atoms with Crippen molar-refractivity contribution in [3.05, 3.63) is 48.6 Å². The Labute approximate surface area is 287 Å². The van der Waals surface area contributed by atoms with Crippen LogP contribution < -0.4 is 0 Å². The summed E-state index contributed by atoms with van der Waals surface area (Å²) in [5.41, 5.74) is 0. The molecule has 0 saturated heterocycles. The molecule has 0 aromatic heterocycles. The third-order valence-corrected chi connectivity index (χ3v) is 8.32. The van der Waals surface area contributed by atoms with Gasteiger partial charge in [0.1, 0.15) is 19.3 Å². The van der Waals surface area contributed by atoms with E-state index < -0.39 is 18.2 Å². The lowest BCUT2D eigenvalue weighted by Gasteiger charge is -2.12. The highest BCUT2D eigenvalue weighted by Gasteiger charge is 2.12. The highest BCUT2D eigenvalue weighted by molar-refractivity contribution is 5.69. The van der Waals surface area contributed by atoms with Crippen LogP contribution in [0.2, 0.25) is 0 Å². The third kappa shape index (κ3) is 33.5. The van der Waals surface area contributed by atoms with Crippen molar-refractivity contribution in [3.63, 3.8) is 0 Å². The van der Waals surface area contributed by atoms with Gasteiger partial charge in [0, 0.05) is 12.8 Å². The van der Waals surface area contributed by atoms with E-state index in [9.17, 15) is 24.9 Å². The van der Waals surface area contributed by atoms with Gasteiger partial charge in [-0.3, -0.25) is 9.59 Å². The lowest BCUT2D eigenvalue weighted by atomic mass is 9.99. The average Bonchev–Trinajstić information content (AvgIpc) is 3.06. The first kappa shape index (κ1) is 44.8. The van der Waals surface area contributed by atoms with Gasteiger partial charge in [-0.25, -0.2) is 0 Å². The fourth-order valence-electron chi connectivity index (χ4n) is 4.98. The molecule has 0 heterocycles. The summed E-state index contributed by atoms with van der Waals surface area (Å²) in [6.07, 6.45) is 33.7. The maximum absolute atomic E-state index is 12.0. The fraction of sp³-hybridized carbons (Fsp3) is 0.750. The average molecular weight is 663 g/mol. The van der Waals surface area contributed by atoms with Gasteiger partial charge in [-0.05, 0) is 38.0 Å². The van der Waals surface area contributed by atoms with Gasteiger partial charge in [-0.15, -0.1) is 0 Å². The minimum absolute atomic E-state index is 0.136. The Kier molecular flexibility index (Phi) is 32.1. The summed E-state index contributed by atoms with van der Waals surface area (Å²) in [5, 5.41) is 29.9. The molecular weight excluding hydrogens is 592 g/mol. The largest absolute Gasteiger partial charge is 0.463 e. The lowest BCUT2D eigenvalue weighted by molar-refractivity contribution is -0.152. The van der Waals surface area contributed by atoms with Crippen LogP contribution >= 0.6 is 0 Å². The molecule has 7 nitrogen and oxygen atoms in total. The van der Waals surface area contributed by atoms with Crippen LogP contribution in [0.4, 0.5) is 0 Å². The van der Waals surface area contributed by atoms with Crippen molar-refractivity contribution in [1.82, 2.24) is 0 Å². The van der Waals surface area contributed by atoms with Gasteiger partial charge in [0.15, 0.2) is 0 Å². The Morgan fingerprint density at radius 1 is 0.574 bits per heavy atom. The second kappa shape index (κ2) is 33.7. The number of rotatable bonds is 32. The van der Waals surface area contributed by atoms with Gasteiger partial charge in [0.05, 0.1) is 12.2 Å². The smallest absolute Gasteiger partial charge is 0.305 e. The molecule has 0 amide bonds. The number of aliphatic hydroxyl groups is 3. The molecule has 0 rings (SSSR count). The monoisotopic (exact) mass is 663 g/mol. The number of unbranched alkanes of at least 4 members (excludes halogenated alkanes) is 11. The van der Waals surface area contributed by atoms with Gasteiger partial charge >= 0.3 is 11.9 Å². The molecule has 0 aliphatic carbocycles. The summed E-state index contributed by atoms with van der Waals surface area (Å²) in [5.74, 6) is 0.0769. The molecule has 1 unspecified atom stereocenters. The molecule has 47 heavy (non-hydrogen) atoms. The van der Waals surface area contributed by atoms with E-state index in [1.165, 1.54) is 57.8 Å². The van der Waals surface area contributed by atoms with Gasteiger partial charge in [0.25, 0.3) is 0 Å². The molecule has 0 bridgehead atoms. The number of esters is 2. The molecule has 0 radical (unpaired) electrons. The summed E-state index contributed by atoms with van der Waals surface area (Å²) < 4.78 is 10.2. The standard InChI is InChI=1S/C40H70O7/c1-4-6-20-27-36(41)28-22-17-13-11-14-18-23-29-37(42)30-25-32-40(45)47-34-38(43)33-46-39(44)31-24-19-15-10-8-7-9-12-16-21-26-35(3)5-2/h13-14,17-18,22-23,28-29,35-38,41-43H,4-12,15-16,19-21,24-27,30-34H2,1-3H3/b17-13-,18-14-,28-22+,29-23+/t35?,36-,37-,38+/m0/s1. The van der Waals surface area contributed by atoms with E-state index in [-0.39, 0.29) is 31.7 Å². The van der Waals surface area contributed by atoms with Crippen LogP contribution in [0, 0.1) is 5.92 Å². The summed E-state index contributed by atoms with van der Waals surface area (Å²) in [6.45, 7) is 6.35. The molecule has 3 N–H and O–H groups in total. The van der Waals surface area contributed by atoms with Crippen LogP contribution in [-0.4, -0.2) is 58.8 Å². The zero-order valence-electron chi connectivity index (χ0n) is 30.2. The second-order valence-corrected chi connectivity index (χ2v) is 13.0. The third-order valence-electron chi connectivity index (χ3n) is 8.32. The quantitative estimate of drug-likeness (QED) is 0.0374. The molecule has 4 atom stereocenters. The summed E-state index contributed by atoms with van der Waals surface area (Å²) in [4.78, 5) is 23.9. The number of aliphatic hydroxyl groups excluding tert-OH is 3. The van der Waals surface area contributed by atoms with Gasteiger partial charge < -0.3 is 24.8 Å². The molecule has 7 heteroatoms. The predicted molar refractivity (Wildman–Crippen MR) is 194 cm³/mol. The number of ether oxygens (including phenoxy) is 2. The summed E-state index contributed by atoms with van der Waals surface area (Å²) >= 11 is 0. The number of hydrogen-bond donors (Lipinski definition) is 3. The Balaban J connectivity index is 3.71. The second-order valence-electron chi connectivity index (χ2n) is 13.0. The Hall–Kier alpha value is -2.22. The van der Waals surface area contributed by atoms with Crippen LogP contribution in [0.25, 0.3) is 0 Å².